The summed E-state index contributed by atoms with van der Waals surface area (Å²) in [5.74, 6) is 0. The normalized spacial score (nSPS) is 11.3. The van der Waals surface area contributed by atoms with E-state index in [1.165, 1.54) is 24.1 Å². The predicted molar refractivity (Wildman–Crippen MR) is 50.5 cm³/mol. The quantitative estimate of drug-likeness (QED) is 0.507. The van der Waals surface area contributed by atoms with Crippen molar-refractivity contribution in [3.05, 3.63) is 48.3 Å². The van der Waals surface area contributed by atoms with E-state index in [0.717, 1.165) is 0 Å². The van der Waals surface area contributed by atoms with Crippen molar-refractivity contribution in [2.75, 3.05) is 0 Å². The van der Waals surface area contributed by atoms with E-state index in [0.29, 0.717) is 10.8 Å². The van der Waals surface area contributed by atoms with Gasteiger partial charge in [-0.2, -0.15) is 0 Å². The molecule has 0 atom stereocenters. The zero-order chi connectivity index (χ0) is 8.69. The molecule has 0 saturated carbocycles. The van der Waals surface area contributed by atoms with Crippen molar-refractivity contribution in [2.24, 2.45) is 5.73 Å². The van der Waals surface area contributed by atoms with E-state index in [9.17, 15) is 0 Å². The fourth-order valence-corrected chi connectivity index (χ4v) is 0.893. The molecule has 0 radical (unpaired) electrons. The molecular weight excluding hydrogens is 158 g/mol. The van der Waals surface area contributed by atoms with Gasteiger partial charge in [-0.15, -0.1) is 0 Å². The van der Waals surface area contributed by atoms with Crippen LogP contribution in [0.25, 0.3) is 0 Å². The van der Waals surface area contributed by atoms with Crippen LogP contribution in [0.15, 0.2) is 48.3 Å². The number of hydrogen-bond donors (Lipinski definition) is 1. The van der Waals surface area contributed by atoms with Crippen molar-refractivity contribution in [3.63, 3.8) is 0 Å². The summed E-state index contributed by atoms with van der Waals surface area (Å²) in [6.45, 7) is 10.4. The monoisotopic (exact) mass is 169 g/mol. The Bertz CT molecular complexity index is 184. The molecule has 3 heteroatoms. The third-order valence-electron chi connectivity index (χ3n) is 0.836. The number of rotatable bonds is 5. The van der Waals surface area contributed by atoms with E-state index in [4.69, 9.17) is 10.5 Å². The smallest absolute Gasteiger partial charge is 0.186 e. The minimum atomic E-state index is 0.481. The molecule has 0 bridgehead atoms. The third-order valence-corrected chi connectivity index (χ3v) is 1.55. The lowest BCUT2D eigenvalue weighted by Crippen LogP contribution is -1.97. The van der Waals surface area contributed by atoms with Crippen molar-refractivity contribution in [1.82, 2.24) is 0 Å². The molecule has 0 aliphatic rings. The van der Waals surface area contributed by atoms with E-state index in [1.54, 1.807) is 5.41 Å². The molecular formula is C8H11NOS. The summed E-state index contributed by atoms with van der Waals surface area (Å²) in [7, 11) is 0. The first-order valence-corrected chi connectivity index (χ1v) is 3.81. The second kappa shape index (κ2) is 5.68. The van der Waals surface area contributed by atoms with Gasteiger partial charge >= 0.3 is 0 Å². The molecule has 2 nitrogen and oxygen atoms in total. The van der Waals surface area contributed by atoms with Crippen LogP contribution in [0.3, 0.4) is 0 Å². The predicted octanol–water partition coefficient (Wildman–Crippen LogP) is 2.34. The lowest BCUT2D eigenvalue weighted by Gasteiger charge is -2.03. The average Bonchev–Trinajstić information content (AvgIpc) is 2.03. The summed E-state index contributed by atoms with van der Waals surface area (Å²) in [5.41, 5.74) is 5.99. The summed E-state index contributed by atoms with van der Waals surface area (Å²) in [6, 6.07) is 0. The van der Waals surface area contributed by atoms with Crippen LogP contribution in [-0.2, 0) is 4.74 Å². The lowest BCUT2D eigenvalue weighted by atomic mass is 10.5. The van der Waals surface area contributed by atoms with Gasteiger partial charge in [0.25, 0.3) is 0 Å². The van der Waals surface area contributed by atoms with E-state index in [2.05, 4.69) is 19.7 Å². The van der Waals surface area contributed by atoms with Crippen molar-refractivity contribution in [2.45, 2.75) is 0 Å². The van der Waals surface area contributed by atoms with Crippen LogP contribution >= 0.6 is 11.8 Å². The molecule has 11 heavy (non-hydrogen) atoms. The molecule has 60 valence electrons. The van der Waals surface area contributed by atoms with Gasteiger partial charge in [0.2, 0.25) is 0 Å². The fraction of sp³-hybridized carbons (Fsp3) is 0. The Labute approximate surface area is 71.1 Å². The Balaban J connectivity index is 4.40. The van der Waals surface area contributed by atoms with E-state index >= 15 is 0 Å². The molecule has 0 aromatic heterocycles. The van der Waals surface area contributed by atoms with Crippen molar-refractivity contribution < 1.29 is 4.74 Å². The Morgan fingerprint density at radius 2 is 2.00 bits per heavy atom. The molecule has 0 unspecified atom stereocenters. The van der Waals surface area contributed by atoms with Crippen LogP contribution in [0.2, 0.25) is 0 Å². The van der Waals surface area contributed by atoms with Crippen molar-refractivity contribution >= 4 is 11.8 Å². The summed E-state index contributed by atoms with van der Waals surface area (Å²) in [6.07, 6.45) is 2.82. The highest BCUT2D eigenvalue weighted by molar-refractivity contribution is 8.05. The van der Waals surface area contributed by atoms with E-state index < -0.39 is 0 Å². The van der Waals surface area contributed by atoms with Gasteiger partial charge in [0.05, 0.1) is 12.0 Å². The molecule has 0 saturated heterocycles. The van der Waals surface area contributed by atoms with Gasteiger partial charge in [-0.1, -0.05) is 31.5 Å². The second-order valence-electron chi connectivity index (χ2n) is 1.52. The summed E-state index contributed by atoms with van der Waals surface area (Å²) < 4.78 is 4.97. The zero-order valence-corrected chi connectivity index (χ0v) is 7.06. The number of nitrogens with two attached hydrogens (primary N) is 1. The Morgan fingerprint density at radius 3 is 2.36 bits per heavy atom. The minimum absolute atomic E-state index is 0.481. The third kappa shape index (κ3) is 3.57. The molecule has 0 fully saturated rings. The standard InChI is InChI=1S/C8H11NOS/c1-4-7(9)8(10-5-2)11-6-3/h4-6H,1-3,9H2/b8-7-. The van der Waals surface area contributed by atoms with Crippen LogP contribution in [0, 0.1) is 0 Å². The van der Waals surface area contributed by atoms with E-state index in [-0.39, 0.29) is 0 Å². The summed E-state index contributed by atoms with van der Waals surface area (Å²) in [4.78, 5) is 0. The summed E-state index contributed by atoms with van der Waals surface area (Å²) in [5, 5.41) is 2.17. The molecule has 0 spiro atoms. The van der Waals surface area contributed by atoms with E-state index in [1.807, 2.05) is 0 Å². The number of hydrogen-bond acceptors (Lipinski definition) is 3. The second-order valence-corrected chi connectivity index (χ2v) is 2.46. The highest BCUT2D eigenvalue weighted by Gasteiger charge is 1.98. The number of thioether (sulfide) groups is 1. The van der Waals surface area contributed by atoms with Gasteiger partial charge < -0.3 is 10.5 Å². The summed E-state index contributed by atoms with van der Waals surface area (Å²) >= 11 is 1.29. The highest BCUT2D eigenvalue weighted by Crippen LogP contribution is 2.19. The van der Waals surface area contributed by atoms with Gasteiger partial charge in [0.15, 0.2) is 5.09 Å². The van der Waals surface area contributed by atoms with Crippen molar-refractivity contribution in [3.8, 4) is 0 Å². The Hall–Kier alpha value is -1.09. The Morgan fingerprint density at radius 1 is 1.36 bits per heavy atom. The van der Waals surface area contributed by atoms with Crippen LogP contribution in [0.1, 0.15) is 0 Å². The van der Waals surface area contributed by atoms with Crippen LogP contribution < -0.4 is 5.73 Å². The first-order valence-electron chi connectivity index (χ1n) is 2.93. The highest BCUT2D eigenvalue weighted by atomic mass is 32.2. The van der Waals surface area contributed by atoms with Gasteiger partial charge in [-0.05, 0) is 11.5 Å². The number of allylic oxidation sites excluding steroid dienone is 1. The van der Waals surface area contributed by atoms with Gasteiger partial charge in [-0.3, -0.25) is 0 Å². The largest absolute Gasteiger partial charge is 0.456 e. The maximum absolute atomic E-state index is 5.51. The first kappa shape index (κ1) is 9.91. The zero-order valence-electron chi connectivity index (χ0n) is 6.25. The van der Waals surface area contributed by atoms with Crippen molar-refractivity contribution in [1.29, 1.82) is 0 Å². The molecule has 0 aromatic carbocycles. The molecule has 0 rings (SSSR count). The molecule has 0 aliphatic heterocycles. The van der Waals surface area contributed by atoms with Crippen LogP contribution in [-0.4, -0.2) is 0 Å². The fourth-order valence-electron chi connectivity index (χ4n) is 0.399. The lowest BCUT2D eigenvalue weighted by molar-refractivity contribution is 0.386. The molecule has 2 N–H and O–H groups in total. The van der Waals surface area contributed by atoms with Gasteiger partial charge in [-0.25, -0.2) is 0 Å². The average molecular weight is 169 g/mol. The topological polar surface area (TPSA) is 35.2 Å². The SMILES string of the molecule is C=CO/C(SC=C)=C(/N)C=C. The van der Waals surface area contributed by atoms with Gasteiger partial charge in [0, 0.05) is 0 Å². The molecule has 0 heterocycles. The maximum atomic E-state index is 5.51. The van der Waals surface area contributed by atoms with Crippen LogP contribution in [0.4, 0.5) is 0 Å². The molecule has 0 aliphatic carbocycles. The molecule has 0 amide bonds. The number of ether oxygens (including phenoxy) is 1. The Kier molecular flexibility index (Phi) is 5.11. The first-order chi connectivity index (χ1) is 5.26. The molecule has 0 aromatic rings. The van der Waals surface area contributed by atoms with Gasteiger partial charge in [0.1, 0.15) is 0 Å². The van der Waals surface area contributed by atoms with Crippen LogP contribution in [0.5, 0.6) is 0 Å². The minimum Gasteiger partial charge on any atom is -0.456 e. The maximum Gasteiger partial charge on any atom is 0.186 e.